The minimum atomic E-state index is -0.592. The Bertz CT molecular complexity index is 692. The van der Waals surface area contributed by atoms with Gasteiger partial charge in [0, 0.05) is 11.4 Å². The van der Waals surface area contributed by atoms with E-state index in [9.17, 15) is 14.3 Å². The maximum Gasteiger partial charge on any atom is 0.318 e. The number of β-amino-alcohol motifs (C(OH)–C–C–N with tert-alkyl or cyclic N) is 1. The maximum absolute atomic E-state index is 13.5. The standard InChI is InChI=1S/C18H21FN2O2S/c1-2-15(17-7-4-8-24-17)20-18(23)21-11-14(22)10-16(21)12-5-3-6-13(19)9-12/h3-9,14-16,22H,2,10-11H2,1H3,(H,20,23)/t14-,15+,16+/m1/s1. The number of hydrogen-bond donors (Lipinski definition) is 2. The fraction of sp³-hybridized carbons (Fsp3) is 0.389. The molecule has 0 unspecified atom stereocenters. The molecule has 3 rings (SSSR count). The van der Waals surface area contributed by atoms with Crippen molar-refractivity contribution in [3.05, 3.63) is 58.0 Å². The molecule has 1 aliphatic heterocycles. The third-order valence-corrected chi connectivity index (χ3v) is 5.35. The van der Waals surface area contributed by atoms with Crippen molar-refractivity contribution < 1.29 is 14.3 Å². The summed E-state index contributed by atoms with van der Waals surface area (Å²) in [5.41, 5.74) is 0.714. The summed E-state index contributed by atoms with van der Waals surface area (Å²) < 4.78 is 13.5. The van der Waals surface area contributed by atoms with Gasteiger partial charge in [-0.25, -0.2) is 9.18 Å². The number of carbonyl (C=O) groups is 1. The third-order valence-electron chi connectivity index (χ3n) is 4.37. The predicted molar refractivity (Wildman–Crippen MR) is 92.4 cm³/mol. The second kappa shape index (κ2) is 7.32. The Kier molecular flexibility index (Phi) is 5.16. The van der Waals surface area contributed by atoms with Crippen LogP contribution in [0.25, 0.3) is 0 Å². The zero-order valence-electron chi connectivity index (χ0n) is 13.5. The van der Waals surface area contributed by atoms with E-state index in [1.54, 1.807) is 28.4 Å². The lowest BCUT2D eigenvalue weighted by Gasteiger charge is -2.27. The molecule has 6 heteroatoms. The van der Waals surface area contributed by atoms with Gasteiger partial charge in [0.05, 0.1) is 18.2 Å². The molecule has 0 radical (unpaired) electrons. The second-order valence-electron chi connectivity index (χ2n) is 6.04. The molecular weight excluding hydrogens is 327 g/mol. The minimum Gasteiger partial charge on any atom is -0.391 e. The van der Waals surface area contributed by atoms with Crippen LogP contribution in [0.4, 0.5) is 9.18 Å². The van der Waals surface area contributed by atoms with E-state index in [1.807, 2.05) is 24.4 Å². The second-order valence-corrected chi connectivity index (χ2v) is 7.02. The summed E-state index contributed by atoms with van der Waals surface area (Å²) in [4.78, 5) is 15.5. The van der Waals surface area contributed by atoms with Gasteiger partial charge in [-0.3, -0.25) is 0 Å². The van der Waals surface area contributed by atoms with Gasteiger partial charge >= 0.3 is 6.03 Å². The normalized spacial score (nSPS) is 21.7. The molecular formula is C18H21FN2O2S. The summed E-state index contributed by atoms with van der Waals surface area (Å²) >= 11 is 1.61. The van der Waals surface area contributed by atoms with Gasteiger partial charge in [-0.05, 0) is 42.0 Å². The number of rotatable bonds is 4. The average molecular weight is 348 g/mol. The molecule has 0 saturated carbocycles. The zero-order chi connectivity index (χ0) is 17.1. The quantitative estimate of drug-likeness (QED) is 0.882. The highest BCUT2D eigenvalue weighted by atomic mass is 32.1. The lowest BCUT2D eigenvalue weighted by atomic mass is 10.0. The lowest BCUT2D eigenvalue weighted by Crippen LogP contribution is -2.41. The molecule has 0 bridgehead atoms. The number of thiophene rings is 1. The van der Waals surface area contributed by atoms with Crippen LogP contribution in [0.5, 0.6) is 0 Å². The first-order chi connectivity index (χ1) is 11.6. The Labute approximate surface area is 144 Å². The molecule has 1 aliphatic rings. The number of aliphatic hydroxyl groups excluding tert-OH is 1. The minimum absolute atomic E-state index is 0.0524. The van der Waals surface area contributed by atoms with Gasteiger partial charge in [-0.15, -0.1) is 11.3 Å². The van der Waals surface area contributed by atoms with Gasteiger partial charge in [-0.2, -0.15) is 0 Å². The first-order valence-electron chi connectivity index (χ1n) is 8.12. The number of nitrogens with zero attached hydrogens (tertiary/aromatic N) is 1. The molecule has 2 N–H and O–H groups in total. The molecule has 2 amide bonds. The molecule has 1 aromatic carbocycles. The summed E-state index contributed by atoms with van der Waals surface area (Å²) in [7, 11) is 0. The molecule has 1 fully saturated rings. The van der Waals surface area contributed by atoms with Crippen LogP contribution >= 0.6 is 11.3 Å². The summed E-state index contributed by atoms with van der Waals surface area (Å²) in [5, 5.41) is 15.0. The monoisotopic (exact) mass is 348 g/mol. The number of likely N-dealkylation sites (tertiary alicyclic amines) is 1. The highest BCUT2D eigenvalue weighted by Crippen LogP contribution is 2.33. The Morgan fingerprint density at radius 2 is 2.29 bits per heavy atom. The van der Waals surface area contributed by atoms with E-state index >= 15 is 0 Å². The van der Waals surface area contributed by atoms with Crippen molar-refractivity contribution in [2.45, 2.75) is 38.0 Å². The van der Waals surface area contributed by atoms with E-state index in [4.69, 9.17) is 0 Å². The molecule has 1 saturated heterocycles. The molecule has 2 heterocycles. The van der Waals surface area contributed by atoms with Crippen LogP contribution in [0.1, 0.15) is 42.3 Å². The summed E-state index contributed by atoms with van der Waals surface area (Å²) in [5.74, 6) is -0.334. The number of urea groups is 1. The molecule has 3 atom stereocenters. The zero-order valence-corrected chi connectivity index (χ0v) is 14.3. The van der Waals surface area contributed by atoms with Crippen molar-refractivity contribution >= 4 is 17.4 Å². The van der Waals surface area contributed by atoms with E-state index in [-0.39, 0.29) is 30.5 Å². The molecule has 0 aliphatic carbocycles. The predicted octanol–water partition coefficient (Wildman–Crippen LogP) is 3.86. The van der Waals surface area contributed by atoms with Crippen LogP contribution in [-0.2, 0) is 0 Å². The number of amides is 2. The maximum atomic E-state index is 13.5. The highest BCUT2D eigenvalue weighted by Gasteiger charge is 2.36. The Morgan fingerprint density at radius 1 is 1.46 bits per heavy atom. The van der Waals surface area contributed by atoms with Crippen LogP contribution < -0.4 is 5.32 Å². The van der Waals surface area contributed by atoms with Crippen molar-refractivity contribution in [1.29, 1.82) is 0 Å². The first kappa shape index (κ1) is 16.9. The SMILES string of the molecule is CC[C@H](NC(=O)N1C[C@H](O)C[C@H]1c1cccc(F)c1)c1cccs1. The Hall–Kier alpha value is -1.92. The number of aliphatic hydroxyl groups is 1. The topological polar surface area (TPSA) is 52.6 Å². The fourth-order valence-corrected chi connectivity index (χ4v) is 4.03. The van der Waals surface area contributed by atoms with E-state index in [0.29, 0.717) is 12.0 Å². The van der Waals surface area contributed by atoms with E-state index in [0.717, 1.165) is 11.3 Å². The van der Waals surface area contributed by atoms with Gasteiger partial charge < -0.3 is 15.3 Å². The van der Waals surface area contributed by atoms with Crippen molar-refractivity contribution in [1.82, 2.24) is 10.2 Å². The van der Waals surface area contributed by atoms with Gasteiger partial charge in [0.1, 0.15) is 5.82 Å². The fourth-order valence-electron chi connectivity index (χ4n) is 3.16. The molecule has 2 aromatic rings. The summed E-state index contributed by atoms with van der Waals surface area (Å²) in [6.45, 7) is 2.28. The van der Waals surface area contributed by atoms with E-state index < -0.39 is 6.10 Å². The molecule has 0 spiro atoms. The summed E-state index contributed by atoms with van der Waals surface area (Å²) in [6.07, 6.45) is 0.616. The number of benzene rings is 1. The van der Waals surface area contributed by atoms with Crippen LogP contribution in [0.15, 0.2) is 41.8 Å². The lowest BCUT2D eigenvalue weighted by molar-refractivity contribution is 0.167. The van der Waals surface area contributed by atoms with Gasteiger partial charge in [-0.1, -0.05) is 25.1 Å². The van der Waals surface area contributed by atoms with Crippen LogP contribution in [0.2, 0.25) is 0 Å². The highest BCUT2D eigenvalue weighted by molar-refractivity contribution is 7.10. The number of halogens is 1. The number of carbonyl (C=O) groups excluding carboxylic acids is 1. The smallest absolute Gasteiger partial charge is 0.318 e. The van der Waals surface area contributed by atoms with Gasteiger partial charge in [0.25, 0.3) is 0 Å². The van der Waals surface area contributed by atoms with Crippen molar-refractivity contribution in [3.8, 4) is 0 Å². The number of nitrogens with one attached hydrogen (secondary N) is 1. The van der Waals surface area contributed by atoms with Crippen molar-refractivity contribution in [2.24, 2.45) is 0 Å². The van der Waals surface area contributed by atoms with Crippen molar-refractivity contribution in [2.75, 3.05) is 6.54 Å². The van der Waals surface area contributed by atoms with Crippen molar-refractivity contribution in [3.63, 3.8) is 0 Å². The van der Waals surface area contributed by atoms with Crippen LogP contribution in [0.3, 0.4) is 0 Å². The molecule has 1 aromatic heterocycles. The van der Waals surface area contributed by atoms with E-state index in [1.165, 1.54) is 12.1 Å². The van der Waals surface area contributed by atoms with E-state index in [2.05, 4.69) is 5.32 Å². The third kappa shape index (κ3) is 3.60. The van der Waals surface area contributed by atoms with Crippen LogP contribution in [-0.4, -0.2) is 28.7 Å². The van der Waals surface area contributed by atoms with Gasteiger partial charge in [0.15, 0.2) is 0 Å². The van der Waals surface area contributed by atoms with Gasteiger partial charge in [0.2, 0.25) is 0 Å². The Morgan fingerprint density at radius 3 is 2.96 bits per heavy atom. The summed E-state index contributed by atoms with van der Waals surface area (Å²) in [6, 6.07) is 9.62. The molecule has 4 nitrogen and oxygen atoms in total. The average Bonchev–Trinajstić information content (AvgIpc) is 3.22. The largest absolute Gasteiger partial charge is 0.391 e. The molecule has 128 valence electrons. The first-order valence-corrected chi connectivity index (χ1v) is 9.00. The van der Waals surface area contributed by atoms with Crippen LogP contribution in [0, 0.1) is 5.82 Å². The Balaban J connectivity index is 1.77. The molecule has 24 heavy (non-hydrogen) atoms. The number of hydrogen-bond acceptors (Lipinski definition) is 3.